The van der Waals surface area contributed by atoms with Crippen LogP contribution in [0, 0.1) is 0 Å². The molecule has 0 spiro atoms. The molecule has 2 nitrogen and oxygen atoms in total. The summed E-state index contributed by atoms with van der Waals surface area (Å²) < 4.78 is 50.0. The van der Waals surface area contributed by atoms with Crippen molar-refractivity contribution >= 4 is 10.8 Å². The number of benzene rings is 2. The third kappa shape index (κ3) is 2.51. The first-order valence-corrected chi connectivity index (χ1v) is 6.34. The largest absolute Gasteiger partial charge is 0.400 e. The van der Waals surface area contributed by atoms with E-state index in [9.17, 15) is 13.2 Å². The highest BCUT2D eigenvalue weighted by atomic mass is 19.4. The van der Waals surface area contributed by atoms with Crippen molar-refractivity contribution in [3.8, 4) is 0 Å². The van der Waals surface area contributed by atoms with Crippen LogP contribution in [0.15, 0.2) is 42.5 Å². The van der Waals surface area contributed by atoms with E-state index in [1.54, 1.807) is 24.3 Å². The van der Waals surface area contributed by atoms with E-state index in [2.05, 4.69) is 0 Å². The van der Waals surface area contributed by atoms with Gasteiger partial charge in [0, 0.05) is 0 Å². The molecule has 2 aromatic rings. The zero-order chi connectivity index (χ0) is 14.2. The van der Waals surface area contributed by atoms with Crippen LogP contribution in [0.25, 0.3) is 10.8 Å². The van der Waals surface area contributed by atoms with Crippen molar-refractivity contribution in [2.75, 3.05) is 13.2 Å². The summed E-state index contributed by atoms with van der Waals surface area (Å²) >= 11 is 0. The topological polar surface area (TPSA) is 18.5 Å². The maximum absolute atomic E-state index is 13.3. The number of hydrogen-bond acceptors (Lipinski definition) is 2. The van der Waals surface area contributed by atoms with Crippen LogP contribution < -0.4 is 0 Å². The lowest BCUT2D eigenvalue weighted by Crippen LogP contribution is -2.32. The Balaban J connectivity index is 2.04. The van der Waals surface area contributed by atoms with Gasteiger partial charge >= 0.3 is 6.18 Å². The highest BCUT2D eigenvalue weighted by molar-refractivity contribution is 5.83. The molecule has 3 rings (SSSR count). The normalized spacial score (nSPS) is 18.6. The van der Waals surface area contributed by atoms with Crippen molar-refractivity contribution in [3.63, 3.8) is 0 Å². The van der Waals surface area contributed by atoms with E-state index in [1.165, 1.54) is 6.07 Å². The molecule has 0 aromatic heterocycles. The summed E-state index contributed by atoms with van der Waals surface area (Å²) in [5.41, 5.74) is 0.170. The first-order chi connectivity index (χ1) is 9.55. The third-order valence-corrected chi connectivity index (χ3v) is 3.41. The van der Waals surface area contributed by atoms with E-state index in [0.717, 1.165) is 10.8 Å². The minimum Gasteiger partial charge on any atom is -0.349 e. The summed E-state index contributed by atoms with van der Waals surface area (Å²) in [5, 5.41) is 1.68. The number of hydrogen-bond donors (Lipinski definition) is 0. The molecular formula is C15H13F3O2. The fourth-order valence-corrected chi connectivity index (χ4v) is 2.47. The van der Waals surface area contributed by atoms with Crippen molar-refractivity contribution in [3.05, 3.63) is 48.0 Å². The molecule has 1 fully saturated rings. The molecule has 1 atom stereocenters. The zero-order valence-electron chi connectivity index (χ0n) is 10.6. The SMILES string of the molecule is FC(F)(F)C(c1ccc2ccccc2c1)C1OCCO1. The summed E-state index contributed by atoms with van der Waals surface area (Å²) in [5.74, 6) is -1.75. The zero-order valence-corrected chi connectivity index (χ0v) is 10.6. The molecule has 0 aliphatic carbocycles. The highest BCUT2D eigenvalue weighted by Crippen LogP contribution is 2.40. The summed E-state index contributed by atoms with van der Waals surface area (Å²) in [6, 6.07) is 12.1. The van der Waals surface area contributed by atoms with Gasteiger partial charge in [-0.2, -0.15) is 13.2 Å². The minimum absolute atomic E-state index is 0.170. The van der Waals surface area contributed by atoms with E-state index >= 15 is 0 Å². The monoisotopic (exact) mass is 282 g/mol. The van der Waals surface area contributed by atoms with E-state index in [4.69, 9.17) is 9.47 Å². The maximum atomic E-state index is 13.3. The van der Waals surface area contributed by atoms with Crippen molar-refractivity contribution in [1.82, 2.24) is 0 Å². The van der Waals surface area contributed by atoms with Crippen LogP contribution >= 0.6 is 0 Å². The Labute approximate surface area is 114 Å². The van der Waals surface area contributed by atoms with E-state index in [-0.39, 0.29) is 18.8 Å². The summed E-state index contributed by atoms with van der Waals surface area (Å²) in [4.78, 5) is 0. The molecule has 0 amide bonds. The average Bonchev–Trinajstić information content (AvgIpc) is 2.91. The Morgan fingerprint density at radius 3 is 2.25 bits per heavy atom. The van der Waals surface area contributed by atoms with Gasteiger partial charge in [0.05, 0.1) is 13.2 Å². The number of halogens is 3. The molecule has 1 saturated heterocycles. The molecule has 0 saturated carbocycles. The summed E-state index contributed by atoms with van der Waals surface area (Å²) in [6.45, 7) is 0.398. The van der Waals surface area contributed by atoms with Gasteiger partial charge in [-0.25, -0.2) is 0 Å². The second kappa shape index (κ2) is 5.07. The molecule has 1 unspecified atom stereocenters. The third-order valence-electron chi connectivity index (χ3n) is 3.41. The van der Waals surface area contributed by atoms with Gasteiger partial charge < -0.3 is 9.47 Å². The fourth-order valence-electron chi connectivity index (χ4n) is 2.47. The number of alkyl halides is 3. The second-order valence-corrected chi connectivity index (χ2v) is 4.74. The first kappa shape index (κ1) is 13.4. The lowest BCUT2D eigenvalue weighted by Gasteiger charge is -2.25. The van der Waals surface area contributed by atoms with Crippen LogP contribution in [0.5, 0.6) is 0 Å². The van der Waals surface area contributed by atoms with Crippen LogP contribution in [0.1, 0.15) is 11.5 Å². The number of rotatable bonds is 2. The maximum Gasteiger partial charge on any atom is 0.400 e. The molecule has 5 heteroatoms. The molecule has 1 aliphatic rings. The molecule has 0 bridgehead atoms. The van der Waals surface area contributed by atoms with E-state index in [1.807, 2.05) is 12.1 Å². The molecule has 1 aliphatic heterocycles. The lowest BCUT2D eigenvalue weighted by atomic mass is 9.95. The van der Waals surface area contributed by atoms with Gasteiger partial charge in [0.15, 0.2) is 6.29 Å². The quantitative estimate of drug-likeness (QED) is 0.832. The van der Waals surface area contributed by atoms with Crippen LogP contribution in [0.2, 0.25) is 0 Å². The van der Waals surface area contributed by atoms with E-state index < -0.39 is 18.4 Å². The van der Waals surface area contributed by atoms with Gasteiger partial charge in [-0.1, -0.05) is 42.5 Å². The Morgan fingerprint density at radius 1 is 0.950 bits per heavy atom. The Kier molecular flexibility index (Phi) is 3.40. The average molecular weight is 282 g/mol. The molecule has 106 valence electrons. The van der Waals surface area contributed by atoms with Crippen molar-refractivity contribution < 1.29 is 22.6 Å². The van der Waals surface area contributed by atoms with Gasteiger partial charge in [0.1, 0.15) is 5.92 Å². The predicted octanol–water partition coefficient (Wildman–Crippen LogP) is 3.86. The Hall–Kier alpha value is -1.59. The van der Waals surface area contributed by atoms with Crippen molar-refractivity contribution in [2.24, 2.45) is 0 Å². The highest BCUT2D eigenvalue weighted by Gasteiger charge is 2.48. The molecule has 0 N–H and O–H groups in total. The van der Waals surface area contributed by atoms with Crippen LogP contribution in [-0.2, 0) is 9.47 Å². The van der Waals surface area contributed by atoms with Crippen LogP contribution in [-0.4, -0.2) is 25.7 Å². The predicted molar refractivity (Wildman–Crippen MR) is 68.4 cm³/mol. The van der Waals surface area contributed by atoms with Gasteiger partial charge in [-0.05, 0) is 16.3 Å². The van der Waals surface area contributed by atoms with Gasteiger partial charge in [0.25, 0.3) is 0 Å². The van der Waals surface area contributed by atoms with Gasteiger partial charge in [0.2, 0.25) is 0 Å². The second-order valence-electron chi connectivity index (χ2n) is 4.74. The number of fused-ring (bicyclic) bond motifs is 1. The van der Waals surface area contributed by atoms with E-state index in [0.29, 0.717) is 0 Å². The smallest absolute Gasteiger partial charge is 0.349 e. The van der Waals surface area contributed by atoms with Gasteiger partial charge in [-0.3, -0.25) is 0 Å². The summed E-state index contributed by atoms with van der Waals surface area (Å²) in [7, 11) is 0. The Bertz CT molecular complexity index is 603. The molecule has 20 heavy (non-hydrogen) atoms. The molecule has 1 heterocycles. The lowest BCUT2D eigenvalue weighted by molar-refractivity contribution is -0.207. The molecule has 0 radical (unpaired) electrons. The van der Waals surface area contributed by atoms with Gasteiger partial charge in [-0.15, -0.1) is 0 Å². The minimum atomic E-state index is -4.41. The number of ether oxygens (including phenoxy) is 2. The summed E-state index contributed by atoms with van der Waals surface area (Å²) in [6.07, 6.45) is -5.66. The van der Waals surface area contributed by atoms with Crippen molar-refractivity contribution in [2.45, 2.75) is 18.4 Å². The molecular weight excluding hydrogens is 269 g/mol. The van der Waals surface area contributed by atoms with Crippen molar-refractivity contribution in [1.29, 1.82) is 0 Å². The Morgan fingerprint density at radius 2 is 1.60 bits per heavy atom. The molecule has 2 aromatic carbocycles. The first-order valence-electron chi connectivity index (χ1n) is 6.34. The standard InChI is InChI=1S/C15H13F3O2/c16-15(17,18)13(14-19-7-8-20-14)12-6-5-10-3-1-2-4-11(10)9-12/h1-6,9,13-14H,7-8H2. The fraction of sp³-hybridized carbons (Fsp3) is 0.333. The van der Waals surface area contributed by atoms with Crippen LogP contribution in [0.3, 0.4) is 0 Å². The van der Waals surface area contributed by atoms with Crippen LogP contribution in [0.4, 0.5) is 13.2 Å².